The van der Waals surface area contributed by atoms with Crippen LogP contribution in [0.25, 0.3) is 0 Å². The van der Waals surface area contributed by atoms with Gasteiger partial charge in [-0.15, -0.1) is 0 Å². The van der Waals surface area contributed by atoms with Gasteiger partial charge in [-0.05, 0) is 89.9 Å². The first-order chi connectivity index (χ1) is 33.5. The van der Waals surface area contributed by atoms with E-state index in [-0.39, 0.29) is 44.0 Å². The molecule has 0 aliphatic heterocycles. The molecule has 0 rings (SSSR count). The smallest absolute Gasteiger partial charge is 0.306 e. The molecule has 0 heterocycles. The third-order valence-electron chi connectivity index (χ3n) is 12.1. The molecular weight excluding hydrogens is 841 g/mol. The van der Waals surface area contributed by atoms with Crippen LogP contribution in [0, 0.1) is 0 Å². The van der Waals surface area contributed by atoms with Crippen LogP contribution >= 0.6 is 0 Å². The number of hydrogen-bond acceptors (Lipinski definition) is 6. The standard InChI is InChI=1S/C62H106O6/c1-4-7-10-13-16-19-22-25-28-31-34-37-40-43-46-49-52-55-61(64)67-58-59(57-66-60(63)54-51-48-45-42-39-36-33-30-27-24-21-18-15-12-9-6-3)68-62(65)56-53-50-47-44-41-38-35-32-29-26-23-20-17-14-11-8-5-2/h16,19,25-26,28-29,34-35,37-38,43-44,46-47,59H,4-15,17-18,20-24,27,30-33,36,39-42,45,48-58H2,1-3H3/b19-16-,28-25-,29-26-,37-34-,38-35-,46-43-,47-44-. The Hall–Kier alpha value is -3.41. The minimum absolute atomic E-state index is 0.112. The summed E-state index contributed by atoms with van der Waals surface area (Å²) in [6.07, 6.45) is 73.0. The van der Waals surface area contributed by atoms with Gasteiger partial charge in [0, 0.05) is 19.3 Å². The van der Waals surface area contributed by atoms with Gasteiger partial charge in [0.05, 0.1) is 0 Å². The summed E-state index contributed by atoms with van der Waals surface area (Å²) < 4.78 is 16.8. The van der Waals surface area contributed by atoms with E-state index >= 15 is 0 Å². The molecule has 0 amide bonds. The fourth-order valence-corrected chi connectivity index (χ4v) is 7.80. The Bertz CT molecular complexity index is 1320. The minimum Gasteiger partial charge on any atom is -0.462 e. The summed E-state index contributed by atoms with van der Waals surface area (Å²) >= 11 is 0. The molecule has 0 aromatic heterocycles. The second-order valence-corrected chi connectivity index (χ2v) is 18.8. The highest BCUT2D eigenvalue weighted by Crippen LogP contribution is 2.15. The summed E-state index contributed by atoms with van der Waals surface area (Å²) in [6.45, 7) is 6.53. The van der Waals surface area contributed by atoms with Crippen LogP contribution in [-0.4, -0.2) is 37.2 Å². The quantitative estimate of drug-likeness (QED) is 0.0262. The SMILES string of the molecule is CCCCC/C=C\C/C=C\C/C=C\C/C=C\CCCC(=O)OCC(COC(=O)CCCCCCCCCCCCCCCCCC)OC(=O)CCC/C=C\C/C=C\C/C=C\CCCCCCCC. The van der Waals surface area contributed by atoms with E-state index in [0.29, 0.717) is 19.3 Å². The number of hydrogen-bond donors (Lipinski definition) is 0. The lowest BCUT2D eigenvalue weighted by Gasteiger charge is -2.18. The van der Waals surface area contributed by atoms with Crippen LogP contribution in [0.3, 0.4) is 0 Å². The molecule has 0 spiro atoms. The van der Waals surface area contributed by atoms with Gasteiger partial charge in [-0.1, -0.05) is 247 Å². The maximum Gasteiger partial charge on any atom is 0.306 e. The average molecular weight is 948 g/mol. The fourth-order valence-electron chi connectivity index (χ4n) is 7.80. The van der Waals surface area contributed by atoms with E-state index in [4.69, 9.17) is 14.2 Å². The molecule has 0 saturated carbocycles. The van der Waals surface area contributed by atoms with E-state index < -0.39 is 6.10 Å². The first-order valence-electron chi connectivity index (χ1n) is 28.6. The van der Waals surface area contributed by atoms with Crippen LogP contribution in [0.15, 0.2) is 85.1 Å². The number of carbonyl (C=O) groups excluding carboxylic acids is 3. The highest BCUT2D eigenvalue weighted by molar-refractivity contribution is 5.71. The molecular formula is C62H106O6. The van der Waals surface area contributed by atoms with Crippen molar-refractivity contribution in [3.63, 3.8) is 0 Å². The molecule has 68 heavy (non-hydrogen) atoms. The van der Waals surface area contributed by atoms with Crippen molar-refractivity contribution in [2.75, 3.05) is 13.2 Å². The number of ether oxygens (including phenoxy) is 3. The van der Waals surface area contributed by atoms with Gasteiger partial charge in [0.2, 0.25) is 0 Å². The second kappa shape index (κ2) is 56.2. The summed E-state index contributed by atoms with van der Waals surface area (Å²) in [6, 6.07) is 0. The van der Waals surface area contributed by atoms with Crippen LogP contribution in [0.4, 0.5) is 0 Å². The summed E-state index contributed by atoms with van der Waals surface area (Å²) in [5.41, 5.74) is 0. The zero-order valence-corrected chi connectivity index (χ0v) is 44.6. The van der Waals surface area contributed by atoms with Gasteiger partial charge in [-0.2, -0.15) is 0 Å². The molecule has 0 aromatic carbocycles. The minimum atomic E-state index is -0.824. The number of carbonyl (C=O) groups is 3. The number of esters is 3. The first kappa shape index (κ1) is 64.6. The van der Waals surface area contributed by atoms with Crippen LogP contribution in [0.1, 0.15) is 271 Å². The summed E-state index contributed by atoms with van der Waals surface area (Å²) in [4.78, 5) is 38.1. The normalized spacial score (nSPS) is 12.7. The van der Waals surface area contributed by atoms with E-state index in [2.05, 4.69) is 106 Å². The summed E-state index contributed by atoms with van der Waals surface area (Å²) in [5, 5.41) is 0. The number of rotatable bonds is 51. The molecule has 0 N–H and O–H groups in total. The van der Waals surface area contributed by atoms with Gasteiger partial charge in [0.1, 0.15) is 13.2 Å². The van der Waals surface area contributed by atoms with E-state index in [1.165, 1.54) is 154 Å². The van der Waals surface area contributed by atoms with Gasteiger partial charge in [-0.25, -0.2) is 0 Å². The summed E-state index contributed by atoms with van der Waals surface area (Å²) in [5.74, 6) is -1.02. The van der Waals surface area contributed by atoms with Gasteiger partial charge in [0.15, 0.2) is 6.10 Å². The van der Waals surface area contributed by atoms with Crippen LogP contribution < -0.4 is 0 Å². The third kappa shape index (κ3) is 53.5. The molecule has 0 aromatic rings. The van der Waals surface area contributed by atoms with E-state index in [1.54, 1.807) is 0 Å². The van der Waals surface area contributed by atoms with Gasteiger partial charge < -0.3 is 14.2 Å². The lowest BCUT2D eigenvalue weighted by Crippen LogP contribution is -2.30. The lowest BCUT2D eigenvalue weighted by atomic mass is 10.0. The molecule has 1 unspecified atom stereocenters. The largest absolute Gasteiger partial charge is 0.462 e. The summed E-state index contributed by atoms with van der Waals surface area (Å²) in [7, 11) is 0. The van der Waals surface area contributed by atoms with Crippen molar-refractivity contribution in [3.8, 4) is 0 Å². The molecule has 0 aliphatic rings. The number of allylic oxidation sites excluding steroid dienone is 14. The second-order valence-electron chi connectivity index (χ2n) is 18.8. The number of unbranched alkanes of at least 4 members (excludes halogenated alkanes) is 26. The monoisotopic (exact) mass is 947 g/mol. The Morgan fingerprint density at radius 1 is 0.294 bits per heavy atom. The fraction of sp³-hybridized carbons (Fsp3) is 0.726. The van der Waals surface area contributed by atoms with Crippen molar-refractivity contribution < 1.29 is 28.6 Å². The van der Waals surface area contributed by atoms with Crippen molar-refractivity contribution in [2.24, 2.45) is 0 Å². The van der Waals surface area contributed by atoms with Crippen LogP contribution in [0.5, 0.6) is 0 Å². The molecule has 0 radical (unpaired) electrons. The Labute approximate surface area is 420 Å². The van der Waals surface area contributed by atoms with E-state index in [1.807, 2.05) is 0 Å². The van der Waals surface area contributed by atoms with Crippen molar-refractivity contribution in [3.05, 3.63) is 85.1 Å². The van der Waals surface area contributed by atoms with Crippen molar-refractivity contribution >= 4 is 17.9 Å². The molecule has 6 nitrogen and oxygen atoms in total. The van der Waals surface area contributed by atoms with Crippen molar-refractivity contribution in [1.29, 1.82) is 0 Å². The lowest BCUT2D eigenvalue weighted by molar-refractivity contribution is -0.167. The maximum atomic E-state index is 12.8. The average Bonchev–Trinajstić information content (AvgIpc) is 3.34. The van der Waals surface area contributed by atoms with Gasteiger partial charge >= 0.3 is 17.9 Å². The zero-order chi connectivity index (χ0) is 49.3. The topological polar surface area (TPSA) is 78.9 Å². The molecule has 390 valence electrons. The third-order valence-corrected chi connectivity index (χ3v) is 12.1. The highest BCUT2D eigenvalue weighted by atomic mass is 16.6. The molecule has 0 fully saturated rings. The Morgan fingerprint density at radius 2 is 0.544 bits per heavy atom. The molecule has 1 atom stereocenters. The molecule has 0 saturated heterocycles. The van der Waals surface area contributed by atoms with Crippen molar-refractivity contribution in [2.45, 2.75) is 277 Å². The van der Waals surface area contributed by atoms with E-state index in [0.717, 1.165) is 64.2 Å². The van der Waals surface area contributed by atoms with Crippen LogP contribution in [0.2, 0.25) is 0 Å². The Balaban J connectivity index is 4.53. The zero-order valence-electron chi connectivity index (χ0n) is 44.6. The molecule has 0 bridgehead atoms. The van der Waals surface area contributed by atoms with Crippen LogP contribution in [-0.2, 0) is 28.6 Å². The maximum absolute atomic E-state index is 12.8. The Morgan fingerprint density at radius 3 is 0.912 bits per heavy atom. The Kier molecular flexibility index (Phi) is 53.4. The molecule has 0 aliphatic carbocycles. The predicted molar refractivity (Wildman–Crippen MR) is 293 cm³/mol. The van der Waals surface area contributed by atoms with Gasteiger partial charge in [0.25, 0.3) is 0 Å². The van der Waals surface area contributed by atoms with Crippen molar-refractivity contribution in [1.82, 2.24) is 0 Å². The first-order valence-corrected chi connectivity index (χ1v) is 28.6. The molecule has 6 heteroatoms. The van der Waals surface area contributed by atoms with Gasteiger partial charge in [-0.3, -0.25) is 14.4 Å². The van der Waals surface area contributed by atoms with E-state index in [9.17, 15) is 14.4 Å². The predicted octanol–water partition coefficient (Wildman–Crippen LogP) is 19.2. The highest BCUT2D eigenvalue weighted by Gasteiger charge is 2.19.